The molecule has 1 aromatic carbocycles. The van der Waals surface area contributed by atoms with E-state index in [2.05, 4.69) is 70.6 Å². The van der Waals surface area contributed by atoms with Crippen LogP contribution in [0.15, 0.2) is 29.3 Å². The average Bonchev–Trinajstić information content (AvgIpc) is 2.58. The van der Waals surface area contributed by atoms with Gasteiger partial charge in [0.1, 0.15) is 0 Å². The molecule has 0 aromatic heterocycles. The van der Waals surface area contributed by atoms with E-state index in [0.29, 0.717) is 5.92 Å². The first-order valence-electron chi connectivity index (χ1n) is 9.00. The zero-order chi connectivity index (χ0) is 17.4. The van der Waals surface area contributed by atoms with Crippen molar-refractivity contribution in [1.82, 2.24) is 20.4 Å². The summed E-state index contributed by atoms with van der Waals surface area (Å²) in [4.78, 5) is 9.19. The van der Waals surface area contributed by atoms with Crippen molar-refractivity contribution in [2.45, 2.75) is 26.9 Å². The van der Waals surface area contributed by atoms with Crippen LogP contribution in [0, 0.1) is 5.92 Å². The van der Waals surface area contributed by atoms with Gasteiger partial charge in [0.15, 0.2) is 5.96 Å². The molecule has 1 aliphatic rings. The van der Waals surface area contributed by atoms with E-state index in [9.17, 15) is 0 Å². The molecule has 1 aromatic rings. The van der Waals surface area contributed by atoms with Crippen molar-refractivity contribution in [2.24, 2.45) is 10.9 Å². The van der Waals surface area contributed by atoms with E-state index in [1.165, 1.54) is 24.2 Å². The zero-order valence-electron chi connectivity index (χ0n) is 16.1. The number of piperazine rings is 1. The Bertz CT molecular complexity index is 507. The number of guanidine groups is 1. The van der Waals surface area contributed by atoms with Gasteiger partial charge in [0.2, 0.25) is 0 Å². The summed E-state index contributed by atoms with van der Waals surface area (Å²) >= 11 is 0. The number of nitrogens with zero attached hydrogens (tertiary/aromatic N) is 3. The predicted octanol–water partition coefficient (Wildman–Crippen LogP) is 2.37. The van der Waals surface area contributed by atoms with Gasteiger partial charge in [-0.1, -0.05) is 38.1 Å². The number of benzene rings is 1. The van der Waals surface area contributed by atoms with Crippen molar-refractivity contribution >= 4 is 29.9 Å². The molecule has 0 radical (unpaired) electrons. The van der Waals surface area contributed by atoms with E-state index in [4.69, 9.17) is 0 Å². The molecule has 0 saturated carbocycles. The first-order valence-corrected chi connectivity index (χ1v) is 9.00. The van der Waals surface area contributed by atoms with Crippen molar-refractivity contribution in [3.63, 3.8) is 0 Å². The lowest BCUT2D eigenvalue weighted by Crippen LogP contribution is -2.43. The number of hydrogen-bond acceptors (Lipinski definition) is 3. The monoisotopic (exact) mass is 459 g/mol. The third-order valence-electron chi connectivity index (χ3n) is 4.39. The van der Waals surface area contributed by atoms with Gasteiger partial charge in [0.05, 0.1) is 0 Å². The Balaban J connectivity index is 0.00000312. The highest BCUT2D eigenvalue weighted by Crippen LogP contribution is 2.09. The van der Waals surface area contributed by atoms with Crippen molar-refractivity contribution in [2.75, 3.05) is 46.8 Å². The van der Waals surface area contributed by atoms with Crippen LogP contribution >= 0.6 is 24.0 Å². The van der Waals surface area contributed by atoms with E-state index in [0.717, 1.165) is 38.7 Å². The molecule has 1 heterocycles. The van der Waals surface area contributed by atoms with Crippen LogP contribution in [0.5, 0.6) is 0 Å². The lowest BCUT2D eigenvalue weighted by molar-refractivity contribution is 0.148. The van der Waals surface area contributed by atoms with E-state index >= 15 is 0 Å². The standard InChI is InChI=1S/C19H33N5.HI/c1-16(2)13-21-19(20-3)22-14-17-5-7-18(8-6-17)15-24-11-9-23(4)10-12-24;/h5-8,16H,9-15H2,1-4H3,(H2,20,21,22);1H. The van der Waals surface area contributed by atoms with Crippen LogP contribution in [0.4, 0.5) is 0 Å². The van der Waals surface area contributed by atoms with E-state index in [1.807, 2.05) is 7.05 Å². The van der Waals surface area contributed by atoms with Crippen LogP contribution in [-0.4, -0.2) is 62.6 Å². The third-order valence-corrected chi connectivity index (χ3v) is 4.39. The van der Waals surface area contributed by atoms with Crippen LogP contribution in [0.25, 0.3) is 0 Å². The summed E-state index contributed by atoms with van der Waals surface area (Å²) in [6, 6.07) is 8.93. The van der Waals surface area contributed by atoms with Gasteiger partial charge in [-0.15, -0.1) is 24.0 Å². The first kappa shape index (κ1) is 22.2. The first-order chi connectivity index (χ1) is 11.6. The fourth-order valence-corrected chi connectivity index (χ4v) is 2.73. The van der Waals surface area contributed by atoms with E-state index in [-0.39, 0.29) is 24.0 Å². The molecule has 25 heavy (non-hydrogen) atoms. The molecule has 2 rings (SSSR count). The Morgan fingerprint density at radius 3 is 2.20 bits per heavy atom. The van der Waals surface area contributed by atoms with Gasteiger partial charge in [-0.25, -0.2) is 0 Å². The number of halogens is 1. The number of likely N-dealkylation sites (N-methyl/N-ethyl adjacent to an activating group) is 1. The Hall–Kier alpha value is -0.860. The maximum Gasteiger partial charge on any atom is 0.191 e. The Kier molecular flexibility index (Phi) is 10.4. The maximum absolute atomic E-state index is 4.26. The SMILES string of the molecule is CN=C(NCc1ccc(CN2CCN(C)CC2)cc1)NCC(C)C.I. The molecular formula is C19H34IN5. The number of aliphatic imine (C=N–C) groups is 1. The van der Waals surface area contributed by atoms with Gasteiger partial charge in [0, 0.05) is 52.9 Å². The summed E-state index contributed by atoms with van der Waals surface area (Å²) in [6.45, 7) is 11.8. The molecule has 6 heteroatoms. The molecule has 0 unspecified atom stereocenters. The zero-order valence-corrected chi connectivity index (χ0v) is 18.4. The summed E-state index contributed by atoms with van der Waals surface area (Å²) in [5.74, 6) is 1.47. The van der Waals surface area contributed by atoms with E-state index in [1.54, 1.807) is 0 Å². The summed E-state index contributed by atoms with van der Waals surface area (Å²) < 4.78 is 0. The highest BCUT2D eigenvalue weighted by molar-refractivity contribution is 14.0. The molecule has 1 saturated heterocycles. The number of hydrogen-bond donors (Lipinski definition) is 2. The van der Waals surface area contributed by atoms with Crippen molar-refractivity contribution in [3.8, 4) is 0 Å². The van der Waals surface area contributed by atoms with Crippen LogP contribution in [-0.2, 0) is 13.1 Å². The molecule has 0 aliphatic carbocycles. The summed E-state index contributed by atoms with van der Waals surface area (Å²) in [6.07, 6.45) is 0. The van der Waals surface area contributed by atoms with E-state index < -0.39 is 0 Å². The second kappa shape index (κ2) is 11.7. The third kappa shape index (κ3) is 8.37. The molecule has 1 fully saturated rings. The van der Waals surface area contributed by atoms with Gasteiger partial charge in [-0.3, -0.25) is 9.89 Å². The van der Waals surface area contributed by atoms with Crippen LogP contribution in [0.2, 0.25) is 0 Å². The molecule has 0 spiro atoms. The molecule has 5 nitrogen and oxygen atoms in total. The molecule has 0 amide bonds. The fourth-order valence-electron chi connectivity index (χ4n) is 2.73. The van der Waals surface area contributed by atoms with Crippen LogP contribution in [0.1, 0.15) is 25.0 Å². The maximum atomic E-state index is 4.26. The largest absolute Gasteiger partial charge is 0.356 e. The Morgan fingerprint density at radius 2 is 1.64 bits per heavy atom. The highest BCUT2D eigenvalue weighted by Gasteiger charge is 2.13. The number of rotatable bonds is 6. The smallest absolute Gasteiger partial charge is 0.191 e. The fraction of sp³-hybridized carbons (Fsp3) is 0.632. The highest BCUT2D eigenvalue weighted by atomic mass is 127. The molecule has 2 N–H and O–H groups in total. The topological polar surface area (TPSA) is 42.9 Å². The Morgan fingerprint density at radius 1 is 1.04 bits per heavy atom. The summed E-state index contributed by atoms with van der Waals surface area (Å²) in [7, 11) is 4.01. The van der Waals surface area contributed by atoms with Crippen molar-refractivity contribution in [3.05, 3.63) is 35.4 Å². The molecule has 0 atom stereocenters. The lowest BCUT2D eigenvalue weighted by Gasteiger charge is -2.32. The average molecular weight is 459 g/mol. The Labute approximate surface area is 170 Å². The minimum absolute atomic E-state index is 0. The van der Waals surface area contributed by atoms with Crippen molar-refractivity contribution in [1.29, 1.82) is 0 Å². The molecule has 1 aliphatic heterocycles. The minimum atomic E-state index is 0. The minimum Gasteiger partial charge on any atom is -0.356 e. The molecular weight excluding hydrogens is 425 g/mol. The summed E-state index contributed by atoms with van der Waals surface area (Å²) in [5.41, 5.74) is 2.68. The second-order valence-electron chi connectivity index (χ2n) is 7.10. The van der Waals surface area contributed by atoms with Crippen LogP contribution in [0.3, 0.4) is 0 Å². The normalized spacial score (nSPS) is 16.6. The molecule has 142 valence electrons. The van der Waals surface area contributed by atoms with Crippen molar-refractivity contribution < 1.29 is 0 Å². The lowest BCUT2D eigenvalue weighted by atomic mass is 10.1. The second-order valence-corrected chi connectivity index (χ2v) is 7.10. The quantitative estimate of drug-likeness (QED) is 0.390. The summed E-state index contributed by atoms with van der Waals surface area (Å²) in [5, 5.41) is 6.71. The number of nitrogens with one attached hydrogen (secondary N) is 2. The van der Waals surface area contributed by atoms with Gasteiger partial charge in [0.25, 0.3) is 0 Å². The van der Waals surface area contributed by atoms with Crippen LogP contribution < -0.4 is 10.6 Å². The molecule has 0 bridgehead atoms. The van der Waals surface area contributed by atoms with Gasteiger partial charge in [-0.05, 0) is 24.1 Å². The predicted molar refractivity (Wildman–Crippen MR) is 118 cm³/mol. The van der Waals surface area contributed by atoms with Gasteiger partial charge < -0.3 is 15.5 Å². The van der Waals surface area contributed by atoms with Gasteiger partial charge >= 0.3 is 0 Å². The van der Waals surface area contributed by atoms with Gasteiger partial charge in [-0.2, -0.15) is 0 Å².